The summed E-state index contributed by atoms with van der Waals surface area (Å²) in [5.74, 6) is -0.879. The molecule has 1 aliphatic rings. The second-order valence-corrected chi connectivity index (χ2v) is 5.82. The molecular formula is C17H19N3O5. The van der Waals surface area contributed by atoms with Crippen molar-refractivity contribution in [2.24, 2.45) is 0 Å². The number of ether oxygens (including phenoxy) is 1. The molecule has 1 aromatic heterocycles. The molecule has 2 heterocycles. The number of carbonyl (C=O) groups is 1. The van der Waals surface area contributed by atoms with Gasteiger partial charge < -0.3 is 19.0 Å². The summed E-state index contributed by atoms with van der Waals surface area (Å²) in [7, 11) is 1.63. The van der Waals surface area contributed by atoms with Crippen LogP contribution < -0.4 is 4.90 Å². The summed E-state index contributed by atoms with van der Waals surface area (Å²) >= 11 is 0. The normalized spacial score (nSPS) is 14.4. The Morgan fingerprint density at radius 1 is 1.20 bits per heavy atom. The van der Waals surface area contributed by atoms with E-state index in [1.807, 2.05) is 24.3 Å². The van der Waals surface area contributed by atoms with Crippen molar-refractivity contribution in [2.75, 3.05) is 38.3 Å². The van der Waals surface area contributed by atoms with Crippen LogP contribution in [0.5, 0.6) is 0 Å². The van der Waals surface area contributed by atoms with Crippen molar-refractivity contribution in [2.45, 2.75) is 6.54 Å². The zero-order chi connectivity index (χ0) is 17.8. The highest BCUT2D eigenvalue weighted by Crippen LogP contribution is 2.20. The number of carbonyl (C=O) groups excluding carboxylic acids is 1. The van der Waals surface area contributed by atoms with Crippen molar-refractivity contribution in [1.82, 2.24) is 4.90 Å². The summed E-state index contributed by atoms with van der Waals surface area (Å²) < 4.78 is 10.3. The highest BCUT2D eigenvalue weighted by Gasteiger charge is 2.20. The Hall–Kier alpha value is -2.87. The van der Waals surface area contributed by atoms with Crippen molar-refractivity contribution in [1.29, 1.82) is 0 Å². The summed E-state index contributed by atoms with van der Waals surface area (Å²) in [6.07, 6.45) is 0. The SMILES string of the molecule is CN(Cc1ccc(N2CCOCC2)cc1)C(=O)c1ccc([N+](=O)[O-])o1. The van der Waals surface area contributed by atoms with Crippen molar-refractivity contribution < 1.29 is 18.9 Å². The minimum absolute atomic E-state index is 0.0425. The molecule has 1 aromatic carbocycles. The molecule has 1 aliphatic heterocycles. The van der Waals surface area contributed by atoms with E-state index in [0.717, 1.165) is 37.6 Å². The Labute approximate surface area is 144 Å². The largest absolute Gasteiger partial charge is 0.433 e. The molecule has 25 heavy (non-hydrogen) atoms. The van der Waals surface area contributed by atoms with Gasteiger partial charge in [-0.05, 0) is 23.8 Å². The summed E-state index contributed by atoms with van der Waals surface area (Å²) in [6, 6.07) is 10.5. The summed E-state index contributed by atoms with van der Waals surface area (Å²) in [4.78, 5) is 26.0. The van der Waals surface area contributed by atoms with E-state index in [0.29, 0.717) is 6.54 Å². The number of hydrogen-bond acceptors (Lipinski definition) is 6. The van der Waals surface area contributed by atoms with Crippen LogP contribution in [0.1, 0.15) is 16.1 Å². The van der Waals surface area contributed by atoms with Gasteiger partial charge in [-0.25, -0.2) is 0 Å². The fourth-order valence-electron chi connectivity index (χ4n) is 2.71. The third-order valence-electron chi connectivity index (χ3n) is 4.06. The molecule has 3 rings (SSSR count). The molecule has 0 unspecified atom stereocenters. The van der Waals surface area contributed by atoms with Crippen molar-refractivity contribution in [3.05, 3.63) is 57.8 Å². The zero-order valence-electron chi connectivity index (χ0n) is 13.9. The molecule has 0 N–H and O–H groups in total. The average molecular weight is 345 g/mol. The van der Waals surface area contributed by atoms with E-state index < -0.39 is 16.7 Å². The van der Waals surface area contributed by atoms with Gasteiger partial charge >= 0.3 is 5.88 Å². The van der Waals surface area contributed by atoms with E-state index in [9.17, 15) is 14.9 Å². The van der Waals surface area contributed by atoms with E-state index >= 15 is 0 Å². The Balaban J connectivity index is 1.62. The second-order valence-electron chi connectivity index (χ2n) is 5.82. The molecule has 0 bridgehead atoms. The van der Waals surface area contributed by atoms with Gasteiger partial charge in [-0.3, -0.25) is 14.9 Å². The number of rotatable bonds is 5. The lowest BCUT2D eigenvalue weighted by Gasteiger charge is -2.29. The molecular weight excluding hydrogens is 326 g/mol. The quantitative estimate of drug-likeness (QED) is 0.610. The Kier molecular flexibility index (Phi) is 4.99. The van der Waals surface area contributed by atoms with Crippen LogP contribution in [0.3, 0.4) is 0 Å². The first-order valence-corrected chi connectivity index (χ1v) is 7.96. The first kappa shape index (κ1) is 17.0. The predicted molar refractivity (Wildman–Crippen MR) is 90.6 cm³/mol. The van der Waals surface area contributed by atoms with E-state index in [1.165, 1.54) is 17.0 Å². The molecule has 8 heteroatoms. The van der Waals surface area contributed by atoms with Crippen LogP contribution in [-0.2, 0) is 11.3 Å². The lowest BCUT2D eigenvalue weighted by Crippen LogP contribution is -2.36. The third kappa shape index (κ3) is 3.97. The van der Waals surface area contributed by atoms with Gasteiger partial charge in [-0.2, -0.15) is 0 Å². The zero-order valence-corrected chi connectivity index (χ0v) is 13.9. The lowest BCUT2D eigenvalue weighted by molar-refractivity contribution is -0.402. The van der Waals surface area contributed by atoms with Crippen LogP contribution >= 0.6 is 0 Å². The van der Waals surface area contributed by atoms with E-state index in [-0.39, 0.29) is 5.76 Å². The van der Waals surface area contributed by atoms with Gasteiger partial charge in [0.25, 0.3) is 5.91 Å². The van der Waals surface area contributed by atoms with Gasteiger partial charge in [0.2, 0.25) is 0 Å². The number of amides is 1. The van der Waals surface area contributed by atoms with Crippen LogP contribution in [0, 0.1) is 10.1 Å². The molecule has 2 aromatic rings. The maximum atomic E-state index is 12.3. The van der Waals surface area contributed by atoms with Crippen LogP contribution in [-0.4, -0.2) is 49.1 Å². The average Bonchev–Trinajstić information content (AvgIpc) is 3.13. The Morgan fingerprint density at radius 2 is 1.88 bits per heavy atom. The second kappa shape index (κ2) is 7.35. The molecule has 8 nitrogen and oxygen atoms in total. The maximum Gasteiger partial charge on any atom is 0.433 e. The molecule has 0 radical (unpaired) electrons. The van der Waals surface area contributed by atoms with E-state index in [1.54, 1.807) is 7.05 Å². The Bertz CT molecular complexity index is 750. The molecule has 132 valence electrons. The molecule has 1 fully saturated rings. The van der Waals surface area contributed by atoms with Gasteiger partial charge in [0.05, 0.1) is 19.3 Å². The fourth-order valence-corrected chi connectivity index (χ4v) is 2.71. The first-order valence-electron chi connectivity index (χ1n) is 7.96. The fraction of sp³-hybridized carbons (Fsp3) is 0.353. The number of nitro groups is 1. The summed E-state index contributed by atoms with van der Waals surface area (Å²) in [5, 5.41) is 10.6. The van der Waals surface area contributed by atoms with E-state index in [2.05, 4.69) is 4.90 Å². The lowest BCUT2D eigenvalue weighted by atomic mass is 10.1. The van der Waals surface area contributed by atoms with Gasteiger partial charge in [-0.15, -0.1) is 0 Å². The van der Waals surface area contributed by atoms with Crippen LogP contribution in [0.15, 0.2) is 40.8 Å². The molecule has 0 saturated carbocycles. The Morgan fingerprint density at radius 3 is 2.48 bits per heavy atom. The minimum atomic E-state index is -0.666. The summed E-state index contributed by atoms with van der Waals surface area (Å²) in [6.45, 7) is 3.59. The van der Waals surface area contributed by atoms with Crippen LogP contribution in [0.4, 0.5) is 11.6 Å². The molecule has 1 saturated heterocycles. The van der Waals surface area contributed by atoms with E-state index in [4.69, 9.17) is 9.15 Å². The molecule has 1 amide bonds. The van der Waals surface area contributed by atoms with Crippen molar-refractivity contribution in [3.8, 4) is 0 Å². The van der Waals surface area contributed by atoms with Gasteiger partial charge in [-0.1, -0.05) is 12.1 Å². The predicted octanol–water partition coefficient (Wildman–Crippen LogP) is 2.30. The standard InChI is InChI=1S/C17H19N3O5/c1-18(17(21)15-6-7-16(25-15)20(22)23)12-13-2-4-14(5-3-13)19-8-10-24-11-9-19/h2-7H,8-12H2,1H3. The highest BCUT2D eigenvalue weighted by molar-refractivity contribution is 5.91. The summed E-state index contributed by atoms with van der Waals surface area (Å²) in [5.41, 5.74) is 2.09. The van der Waals surface area contributed by atoms with Crippen molar-refractivity contribution >= 4 is 17.5 Å². The van der Waals surface area contributed by atoms with Crippen molar-refractivity contribution in [3.63, 3.8) is 0 Å². The number of nitrogens with zero attached hydrogens (tertiary/aromatic N) is 3. The monoisotopic (exact) mass is 345 g/mol. The maximum absolute atomic E-state index is 12.3. The minimum Gasteiger partial charge on any atom is -0.395 e. The molecule has 0 spiro atoms. The third-order valence-corrected chi connectivity index (χ3v) is 4.06. The first-order chi connectivity index (χ1) is 12.0. The number of hydrogen-bond donors (Lipinski definition) is 0. The molecule has 0 atom stereocenters. The molecule has 0 aliphatic carbocycles. The van der Waals surface area contributed by atoms with Crippen LogP contribution in [0.25, 0.3) is 0 Å². The van der Waals surface area contributed by atoms with Gasteiger partial charge in [0.1, 0.15) is 4.92 Å². The number of furan rings is 1. The van der Waals surface area contributed by atoms with Crippen LogP contribution in [0.2, 0.25) is 0 Å². The topological polar surface area (TPSA) is 89.1 Å². The number of anilines is 1. The number of morpholine rings is 1. The smallest absolute Gasteiger partial charge is 0.395 e. The highest BCUT2D eigenvalue weighted by atomic mass is 16.6. The number of benzene rings is 1. The van der Waals surface area contributed by atoms with Gasteiger partial charge in [0.15, 0.2) is 5.76 Å². The van der Waals surface area contributed by atoms with Gasteiger partial charge in [0, 0.05) is 32.4 Å².